The molecule has 1 aromatic carbocycles. The number of hydrogen-bond donors (Lipinski definition) is 1. The molecule has 2 aliphatic rings. The van der Waals surface area contributed by atoms with E-state index in [9.17, 15) is 4.39 Å². The van der Waals surface area contributed by atoms with Gasteiger partial charge in [-0.25, -0.2) is 4.39 Å². The largest absolute Gasteiger partial charge is 0.327 e. The van der Waals surface area contributed by atoms with Crippen molar-refractivity contribution in [1.29, 1.82) is 0 Å². The smallest absolute Gasteiger partial charge is 0.118 e. The zero-order valence-corrected chi connectivity index (χ0v) is 9.51. The Balaban J connectivity index is 1.76. The highest BCUT2D eigenvalue weighted by Crippen LogP contribution is 2.38. The molecule has 2 aliphatic carbocycles. The van der Waals surface area contributed by atoms with Crippen molar-refractivity contribution in [2.75, 3.05) is 0 Å². The quantitative estimate of drug-likeness (QED) is 0.812. The Morgan fingerprint density at radius 1 is 1.25 bits per heavy atom. The summed E-state index contributed by atoms with van der Waals surface area (Å²) in [5.74, 6) is 0. The van der Waals surface area contributed by atoms with Crippen LogP contribution >= 0.6 is 0 Å². The molecule has 0 aromatic heterocycles. The number of halogens is 1. The molecule has 2 heteroatoms. The molecule has 0 radical (unpaired) electrons. The highest BCUT2D eigenvalue weighted by atomic mass is 19.1. The Bertz CT molecular complexity index is 407. The third-order valence-electron chi connectivity index (χ3n) is 3.94. The number of fused-ring (bicyclic) bond motifs is 1. The van der Waals surface area contributed by atoms with Gasteiger partial charge in [0.2, 0.25) is 0 Å². The van der Waals surface area contributed by atoms with Gasteiger partial charge in [0.15, 0.2) is 0 Å². The second-order valence-electron chi connectivity index (χ2n) is 5.45. The first-order valence-corrected chi connectivity index (χ1v) is 6.20. The van der Waals surface area contributed by atoms with Gasteiger partial charge in [-0.1, -0.05) is 18.2 Å². The van der Waals surface area contributed by atoms with Crippen LogP contribution in [0.3, 0.4) is 0 Å². The maximum atomic E-state index is 14.1. The molecule has 3 rings (SSSR count). The van der Waals surface area contributed by atoms with Gasteiger partial charge >= 0.3 is 0 Å². The lowest BCUT2D eigenvalue weighted by Gasteiger charge is -2.39. The van der Waals surface area contributed by atoms with Crippen LogP contribution in [0.25, 0.3) is 0 Å². The Hall–Kier alpha value is -0.890. The van der Waals surface area contributed by atoms with Crippen LogP contribution in [-0.4, -0.2) is 11.7 Å². The van der Waals surface area contributed by atoms with E-state index >= 15 is 0 Å². The lowest BCUT2D eigenvalue weighted by molar-refractivity contribution is 0.0444. The maximum absolute atomic E-state index is 14.1. The summed E-state index contributed by atoms with van der Waals surface area (Å²) in [6.07, 6.45) is 5.23. The third-order valence-corrected chi connectivity index (χ3v) is 3.94. The summed E-state index contributed by atoms with van der Waals surface area (Å²) in [5.41, 5.74) is 8.68. The van der Waals surface area contributed by atoms with Crippen molar-refractivity contribution in [2.45, 2.75) is 50.2 Å². The molecule has 1 saturated carbocycles. The lowest BCUT2D eigenvalue weighted by atomic mass is 9.74. The standard InChI is InChI=1S/C14H18FN/c15-14(8-13(16)9-14)7-10-4-5-11-2-1-3-12(11)6-10/h4-6,13H,1-3,7-9,16H2. The van der Waals surface area contributed by atoms with E-state index in [2.05, 4.69) is 18.2 Å². The topological polar surface area (TPSA) is 26.0 Å². The van der Waals surface area contributed by atoms with Gasteiger partial charge < -0.3 is 5.73 Å². The fourth-order valence-electron chi connectivity index (χ4n) is 3.13. The minimum Gasteiger partial charge on any atom is -0.327 e. The lowest BCUT2D eigenvalue weighted by Crippen LogP contribution is -2.49. The fourth-order valence-corrected chi connectivity index (χ4v) is 3.13. The summed E-state index contributed by atoms with van der Waals surface area (Å²) in [5, 5.41) is 0. The van der Waals surface area contributed by atoms with Crippen LogP contribution in [-0.2, 0) is 19.3 Å². The van der Waals surface area contributed by atoms with Crippen LogP contribution in [0.5, 0.6) is 0 Å². The van der Waals surface area contributed by atoms with Gasteiger partial charge in [-0.15, -0.1) is 0 Å². The predicted octanol–water partition coefficient (Wildman–Crippen LogP) is 2.55. The van der Waals surface area contributed by atoms with Crippen LogP contribution in [0.1, 0.15) is 36.0 Å². The summed E-state index contributed by atoms with van der Waals surface area (Å²) < 4.78 is 14.1. The molecule has 0 spiro atoms. The molecule has 0 unspecified atom stereocenters. The number of nitrogens with two attached hydrogens (primary N) is 1. The molecule has 1 fully saturated rings. The van der Waals surface area contributed by atoms with Crippen molar-refractivity contribution in [3.05, 3.63) is 34.9 Å². The van der Waals surface area contributed by atoms with Gasteiger partial charge in [-0.3, -0.25) is 0 Å². The molecular formula is C14H18FN. The summed E-state index contributed by atoms with van der Waals surface area (Å²) in [6, 6.07) is 6.56. The van der Waals surface area contributed by atoms with Crippen LogP contribution in [0.15, 0.2) is 18.2 Å². The molecule has 0 bridgehead atoms. The first-order valence-electron chi connectivity index (χ1n) is 6.20. The molecule has 0 saturated heterocycles. The third kappa shape index (κ3) is 1.75. The van der Waals surface area contributed by atoms with E-state index in [1.165, 1.54) is 30.4 Å². The van der Waals surface area contributed by atoms with Gasteiger partial charge in [-0.05, 0) is 48.8 Å². The summed E-state index contributed by atoms with van der Waals surface area (Å²) in [6.45, 7) is 0. The van der Waals surface area contributed by atoms with E-state index < -0.39 is 5.67 Å². The van der Waals surface area contributed by atoms with Crippen LogP contribution in [0, 0.1) is 0 Å². The number of alkyl halides is 1. The van der Waals surface area contributed by atoms with Gasteiger partial charge in [0.25, 0.3) is 0 Å². The van der Waals surface area contributed by atoms with E-state index in [0.29, 0.717) is 19.3 Å². The minimum absolute atomic E-state index is 0.0828. The van der Waals surface area contributed by atoms with Crippen molar-refractivity contribution in [3.63, 3.8) is 0 Å². The number of aryl methyl sites for hydroxylation is 2. The fraction of sp³-hybridized carbons (Fsp3) is 0.571. The zero-order valence-electron chi connectivity index (χ0n) is 9.51. The number of benzene rings is 1. The number of hydrogen-bond acceptors (Lipinski definition) is 1. The summed E-state index contributed by atoms with van der Waals surface area (Å²) >= 11 is 0. The van der Waals surface area contributed by atoms with Gasteiger partial charge in [-0.2, -0.15) is 0 Å². The first-order chi connectivity index (χ1) is 7.65. The van der Waals surface area contributed by atoms with Crippen LogP contribution in [0.2, 0.25) is 0 Å². The molecule has 0 atom stereocenters. The van der Waals surface area contributed by atoms with E-state index in [4.69, 9.17) is 5.73 Å². The molecule has 0 amide bonds. The van der Waals surface area contributed by atoms with Crippen molar-refractivity contribution >= 4 is 0 Å². The summed E-state index contributed by atoms with van der Waals surface area (Å²) in [4.78, 5) is 0. The Labute approximate surface area is 95.8 Å². The molecule has 86 valence electrons. The van der Waals surface area contributed by atoms with Crippen molar-refractivity contribution in [3.8, 4) is 0 Å². The normalized spacial score (nSPS) is 32.2. The average molecular weight is 219 g/mol. The first kappa shape index (κ1) is 10.3. The van der Waals surface area contributed by atoms with Gasteiger partial charge in [0.05, 0.1) is 0 Å². The molecule has 2 N–H and O–H groups in total. The molecular weight excluding hydrogens is 201 g/mol. The molecule has 1 aromatic rings. The van der Waals surface area contributed by atoms with Crippen molar-refractivity contribution in [1.82, 2.24) is 0 Å². The van der Waals surface area contributed by atoms with Gasteiger partial charge in [0.1, 0.15) is 5.67 Å². The van der Waals surface area contributed by atoms with E-state index in [0.717, 1.165) is 5.56 Å². The van der Waals surface area contributed by atoms with E-state index in [1.54, 1.807) is 0 Å². The maximum Gasteiger partial charge on any atom is 0.118 e. The minimum atomic E-state index is -1.02. The molecule has 0 heterocycles. The monoisotopic (exact) mass is 219 g/mol. The molecule has 1 nitrogen and oxygen atoms in total. The molecule has 0 aliphatic heterocycles. The SMILES string of the molecule is NC1CC(F)(Cc2ccc3c(c2)CCC3)C1. The van der Waals surface area contributed by atoms with Crippen LogP contribution < -0.4 is 5.73 Å². The summed E-state index contributed by atoms with van der Waals surface area (Å²) in [7, 11) is 0. The zero-order chi connectivity index (χ0) is 11.2. The van der Waals surface area contributed by atoms with Crippen LogP contribution in [0.4, 0.5) is 4.39 Å². The average Bonchev–Trinajstić information content (AvgIpc) is 2.62. The van der Waals surface area contributed by atoms with E-state index in [-0.39, 0.29) is 6.04 Å². The van der Waals surface area contributed by atoms with Gasteiger partial charge in [0, 0.05) is 12.5 Å². The highest BCUT2D eigenvalue weighted by Gasteiger charge is 2.42. The van der Waals surface area contributed by atoms with E-state index in [1.807, 2.05) is 0 Å². The highest BCUT2D eigenvalue weighted by molar-refractivity contribution is 5.36. The second-order valence-corrected chi connectivity index (χ2v) is 5.45. The van der Waals surface area contributed by atoms with Crippen molar-refractivity contribution < 1.29 is 4.39 Å². The Kier molecular flexibility index (Phi) is 2.28. The molecule has 16 heavy (non-hydrogen) atoms. The predicted molar refractivity (Wildman–Crippen MR) is 63.2 cm³/mol. The number of rotatable bonds is 2. The van der Waals surface area contributed by atoms with Crippen molar-refractivity contribution in [2.24, 2.45) is 5.73 Å². The Morgan fingerprint density at radius 2 is 2.00 bits per heavy atom. The second kappa shape index (κ2) is 3.56. The Morgan fingerprint density at radius 3 is 2.75 bits per heavy atom.